The van der Waals surface area contributed by atoms with Gasteiger partial charge in [0.2, 0.25) is 5.88 Å². The summed E-state index contributed by atoms with van der Waals surface area (Å²) < 4.78 is 1.40. The van der Waals surface area contributed by atoms with Crippen LogP contribution in [0.3, 0.4) is 0 Å². The van der Waals surface area contributed by atoms with E-state index in [9.17, 15) is 19.5 Å². The zero-order chi connectivity index (χ0) is 31.8. The van der Waals surface area contributed by atoms with Gasteiger partial charge in [-0.3, -0.25) is 14.4 Å². The van der Waals surface area contributed by atoms with Crippen molar-refractivity contribution < 1.29 is 14.7 Å². The Morgan fingerprint density at radius 2 is 1.17 bits per heavy atom. The van der Waals surface area contributed by atoms with Crippen molar-refractivity contribution in [3.8, 4) is 22.7 Å². The van der Waals surface area contributed by atoms with Gasteiger partial charge in [0.25, 0.3) is 17.4 Å². The van der Waals surface area contributed by atoms with Gasteiger partial charge in [-0.25, -0.2) is 9.47 Å². The molecule has 2 aliphatic carbocycles. The molecule has 6 nitrogen and oxygen atoms in total. The third-order valence-electron chi connectivity index (χ3n) is 9.78. The van der Waals surface area contributed by atoms with Gasteiger partial charge in [0.15, 0.2) is 0 Å². The van der Waals surface area contributed by atoms with E-state index in [0.717, 1.165) is 55.3 Å². The summed E-state index contributed by atoms with van der Waals surface area (Å²) in [5.74, 6) is -0.992. The molecule has 46 heavy (non-hydrogen) atoms. The average molecular weight is 601 g/mol. The van der Waals surface area contributed by atoms with Gasteiger partial charge in [-0.05, 0) is 120 Å². The number of aromatic nitrogens is 1. The number of nitrogens with zero attached hydrogens (tertiary/aromatic N) is 2. The summed E-state index contributed by atoms with van der Waals surface area (Å²) in [4.78, 5) is 43.4. The predicted molar refractivity (Wildman–Crippen MR) is 182 cm³/mol. The maximum atomic E-state index is 14.1. The molecule has 0 bridgehead atoms. The van der Waals surface area contributed by atoms with Gasteiger partial charge in [-0.15, -0.1) is 0 Å². The number of benzene rings is 5. The van der Waals surface area contributed by atoms with Crippen LogP contribution in [0.2, 0.25) is 0 Å². The number of imide groups is 1. The third-order valence-corrected chi connectivity index (χ3v) is 9.78. The summed E-state index contributed by atoms with van der Waals surface area (Å²) in [6.45, 7) is 7.86. The quantitative estimate of drug-likeness (QED) is 0.204. The number of amides is 2. The van der Waals surface area contributed by atoms with Crippen LogP contribution in [0.15, 0.2) is 83.7 Å². The molecule has 1 unspecified atom stereocenters. The lowest BCUT2D eigenvalue weighted by Gasteiger charge is -2.34. The van der Waals surface area contributed by atoms with Crippen LogP contribution in [-0.4, -0.2) is 21.5 Å². The molecule has 1 N–H and O–H groups in total. The Kier molecular flexibility index (Phi) is 5.16. The average Bonchev–Trinajstić information content (AvgIpc) is 3.01. The van der Waals surface area contributed by atoms with Crippen molar-refractivity contribution in [2.75, 3.05) is 4.90 Å². The number of aromatic hydroxyl groups is 1. The second-order valence-electron chi connectivity index (χ2n) is 12.9. The van der Waals surface area contributed by atoms with Crippen molar-refractivity contribution in [1.82, 2.24) is 4.57 Å². The Morgan fingerprint density at radius 3 is 1.83 bits per heavy atom. The Labute approximate surface area is 264 Å². The van der Waals surface area contributed by atoms with Gasteiger partial charge in [0.1, 0.15) is 0 Å². The first-order valence-corrected chi connectivity index (χ1v) is 15.4. The van der Waals surface area contributed by atoms with Crippen LogP contribution in [0.1, 0.15) is 65.6 Å². The van der Waals surface area contributed by atoms with Gasteiger partial charge in [-0.1, -0.05) is 42.5 Å². The Bertz CT molecular complexity index is 2490. The minimum atomic E-state index is -0.339. The molecule has 3 aliphatic rings. The number of allylic oxidation sites excluding steroid dienone is 1. The molecule has 9 rings (SSSR count). The number of carbonyl (C=O) groups is 2. The number of hydrogen-bond donors (Lipinski definition) is 1. The van der Waals surface area contributed by atoms with Crippen molar-refractivity contribution >= 4 is 45.1 Å². The SMILES string of the molecule is Cc1cc(C)cc(N2C(=O)c3ccc4c5c(ccc(c35)C2=O)C2C=Cc3c(O)n(-c5cc(C)cc(C)c5)c(=O)c5ccc-4c2c35)c1. The highest BCUT2D eigenvalue weighted by Gasteiger charge is 2.39. The molecular weight excluding hydrogens is 572 g/mol. The van der Waals surface area contributed by atoms with Crippen LogP contribution < -0.4 is 10.5 Å². The van der Waals surface area contributed by atoms with Crippen molar-refractivity contribution in [3.63, 3.8) is 0 Å². The van der Waals surface area contributed by atoms with E-state index in [1.807, 2.05) is 107 Å². The maximum Gasteiger partial charge on any atom is 0.265 e. The van der Waals surface area contributed by atoms with Gasteiger partial charge in [0.05, 0.1) is 11.4 Å². The molecule has 0 spiro atoms. The van der Waals surface area contributed by atoms with Crippen LogP contribution >= 0.6 is 0 Å². The number of pyridine rings is 1. The molecule has 0 saturated carbocycles. The second kappa shape index (κ2) is 8.92. The Balaban J connectivity index is 1.30. The van der Waals surface area contributed by atoms with E-state index in [2.05, 4.69) is 6.08 Å². The van der Waals surface area contributed by atoms with E-state index in [4.69, 9.17) is 0 Å². The van der Waals surface area contributed by atoms with Gasteiger partial charge in [0, 0.05) is 38.8 Å². The fourth-order valence-electron chi connectivity index (χ4n) is 8.13. The zero-order valence-corrected chi connectivity index (χ0v) is 25.7. The molecule has 6 heteroatoms. The van der Waals surface area contributed by atoms with E-state index in [0.29, 0.717) is 38.8 Å². The lowest BCUT2D eigenvalue weighted by molar-refractivity contribution is 0.0893. The molecule has 0 fully saturated rings. The minimum absolute atomic E-state index is 0.0932. The smallest absolute Gasteiger partial charge is 0.265 e. The van der Waals surface area contributed by atoms with Gasteiger partial charge >= 0.3 is 0 Å². The van der Waals surface area contributed by atoms with E-state index >= 15 is 0 Å². The number of hydrogen-bond acceptors (Lipinski definition) is 4. The minimum Gasteiger partial charge on any atom is -0.494 e. The van der Waals surface area contributed by atoms with Crippen LogP contribution in [0.5, 0.6) is 5.88 Å². The summed E-state index contributed by atoms with van der Waals surface area (Å²) in [7, 11) is 0. The number of rotatable bonds is 2. The molecule has 222 valence electrons. The number of anilines is 1. The molecule has 2 amide bonds. The summed E-state index contributed by atoms with van der Waals surface area (Å²) in [5.41, 5.74) is 10.2. The highest BCUT2D eigenvalue weighted by Crippen LogP contribution is 2.53. The van der Waals surface area contributed by atoms with Crippen LogP contribution in [0.4, 0.5) is 5.69 Å². The number of aryl methyl sites for hydroxylation is 4. The van der Waals surface area contributed by atoms with Crippen LogP contribution in [0.25, 0.3) is 44.4 Å². The Morgan fingerprint density at radius 1 is 0.609 bits per heavy atom. The summed E-state index contributed by atoms with van der Waals surface area (Å²) in [5, 5.41) is 14.5. The molecule has 2 heterocycles. The molecule has 1 aliphatic heterocycles. The fraction of sp³-hybridized carbons (Fsp3) is 0.125. The number of carbonyl (C=O) groups excluding carboxylic acids is 2. The number of fused-ring (bicyclic) bond motifs is 2. The van der Waals surface area contributed by atoms with Crippen molar-refractivity contribution in [2.45, 2.75) is 33.6 Å². The lowest BCUT2D eigenvalue weighted by Crippen LogP contribution is -2.40. The first-order valence-electron chi connectivity index (χ1n) is 15.4. The van der Waals surface area contributed by atoms with Gasteiger partial charge < -0.3 is 5.11 Å². The highest BCUT2D eigenvalue weighted by atomic mass is 16.3. The van der Waals surface area contributed by atoms with Crippen LogP contribution in [0, 0.1) is 27.7 Å². The van der Waals surface area contributed by atoms with E-state index in [1.54, 1.807) is 0 Å². The Hall–Kier alpha value is -5.75. The normalized spacial score (nSPS) is 15.7. The van der Waals surface area contributed by atoms with Gasteiger partial charge in [-0.2, -0.15) is 0 Å². The molecule has 1 aromatic heterocycles. The maximum absolute atomic E-state index is 14.1. The topological polar surface area (TPSA) is 79.6 Å². The molecule has 6 aromatic rings. The molecule has 1 atom stereocenters. The second-order valence-corrected chi connectivity index (χ2v) is 12.9. The van der Waals surface area contributed by atoms with E-state index in [1.165, 1.54) is 9.47 Å². The van der Waals surface area contributed by atoms with Crippen molar-refractivity contribution in [1.29, 1.82) is 0 Å². The van der Waals surface area contributed by atoms with Crippen LogP contribution in [-0.2, 0) is 0 Å². The van der Waals surface area contributed by atoms with Crippen molar-refractivity contribution in [2.24, 2.45) is 0 Å². The summed E-state index contributed by atoms with van der Waals surface area (Å²) >= 11 is 0. The predicted octanol–water partition coefficient (Wildman–Crippen LogP) is 8.02. The highest BCUT2D eigenvalue weighted by molar-refractivity contribution is 6.37. The fourth-order valence-corrected chi connectivity index (χ4v) is 8.13. The molecular formula is C40H28N2O4. The first kappa shape index (κ1) is 26.6. The van der Waals surface area contributed by atoms with E-state index in [-0.39, 0.29) is 29.2 Å². The monoisotopic (exact) mass is 600 g/mol. The largest absolute Gasteiger partial charge is 0.494 e. The van der Waals surface area contributed by atoms with E-state index < -0.39 is 0 Å². The third kappa shape index (κ3) is 3.33. The molecule has 0 radical (unpaired) electrons. The van der Waals surface area contributed by atoms with Crippen molar-refractivity contribution in [3.05, 3.63) is 139 Å². The molecule has 0 saturated heterocycles. The lowest BCUT2D eigenvalue weighted by atomic mass is 9.71. The molecule has 5 aromatic carbocycles. The summed E-state index contributed by atoms with van der Waals surface area (Å²) in [6, 6.07) is 23.0. The summed E-state index contributed by atoms with van der Waals surface area (Å²) in [6.07, 6.45) is 3.95. The first-order chi connectivity index (χ1) is 22.1. The zero-order valence-electron chi connectivity index (χ0n) is 25.7. The standard InChI is InChI=1S/C40H28N2O4/c1-19-13-20(2)16-23(15-19)41-37(43)29-9-5-25-27-7-11-31-36-32(40(46)42(39(31)45)24-17-21(3)14-22(4)18-24)12-8-28(34(27)36)26-6-10-30(38(41)44)35(29)33(25)26/h5-18,25,43H,1-4H3.